The summed E-state index contributed by atoms with van der Waals surface area (Å²) in [4.78, 5) is 12.6. The van der Waals surface area contributed by atoms with Crippen molar-refractivity contribution in [2.45, 2.75) is 12.3 Å². The van der Waals surface area contributed by atoms with E-state index in [-0.39, 0.29) is 18.9 Å². The second kappa shape index (κ2) is 4.35. The second-order valence-electron chi connectivity index (χ2n) is 3.93. The Morgan fingerprint density at radius 2 is 2.28 bits per heavy atom. The van der Waals surface area contributed by atoms with E-state index in [4.69, 9.17) is 9.84 Å². The number of fused-ring (bicyclic) bond motifs is 1. The predicted molar refractivity (Wildman–Crippen MR) is 65.0 cm³/mol. The Hall–Kier alpha value is -1.99. The van der Waals surface area contributed by atoms with Crippen LogP contribution >= 0.6 is 0 Å². The molecule has 0 spiro atoms. The summed E-state index contributed by atoms with van der Waals surface area (Å²) in [5.74, 6) is 0.680. The summed E-state index contributed by atoms with van der Waals surface area (Å²) in [7, 11) is 1.79. The Morgan fingerprint density at radius 1 is 1.39 bits per heavy atom. The number of hydrogen-bond acceptors (Lipinski definition) is 6. The molecule has 3 heterocycles. The SMILES string of the molecule is CNc1ncnc2c1ncn2C1C=CC(CO)O1. The number of aliphatic hydroxyl groups excluding tert-OH is 1. The van der Waals surface area contributed by atoms with Gasteiger partial charge >= 0.3 is 0 Å². The number of anilines is 1. The van der Waals surface area contributed by atoms with Gasteiger partial charge in [-0.2, -0.15) is 0 Å². The van der Waals surface area contributed by atoms with Crippen LogP contribution in [0.15, 0.2) is 24.8 Å². The van der Waals surface area contributed by atoms with Crippen LogP contribution in [0.3, 0.4) is 0 Å². The molecule has 2 unspecified atom stereocenters. The number of nitrogens with zero attached hydrogens (tertiary/aromatic N) is 4. The normalized spacial score (nSPS) is 22.8. The summed E-state index contributed by atoms with van der Waals surface area (Å²) in [5.41, 5.74) is 1.40. The van der Waals surface area contributed by atoms with Crippen molar-refractivity contribution in [1.82, 2.24) is 19.5 Å². The smallest absolute Gasteiger partial charge is 0.167 e. The number of hydrogen-bond donors (Lipinski definition) is 2. The Balaban J connectivity index is 2.01. The molecule has 2 atom stereocenters. The van der Waals surface area contributed by atoms with E-state index in [2.05, 4.69) is 20.3 Å². The first-order chi connectivity index (χ1) is 8.83. The van der Waals surface area contributed by atoms with Gasteiger partial charge in [0.05, 0.1) is 12.9 Å². The highest BCUT2D eigenvalue weighted by molar-refractivity contribution is 5.82. The van der Waals surface area contributed by atoms with Crippen molar-refractivity contribution in [1.29, 1.82) is 0 Å². The number of imidazole rings is 1. The molecule has 0 aromatic carbocycles. The van der Waals surface area contributed by atoms with Gasteiger partial charge in [-0.25, -0.2) is 15.0 Å². The van der Waals surface area contributed by atoms with Crippen molar-refractivity contribution in [2.24, 2.45) is 0 Å². The summed E-state index contributed by atoms with van der Waals surface area (Å²) in [6, 6.07) is 0. The minimum absolute atomic E-state index is 0.0314. The summed E-state index contributed by atoms with van der Waals surface area (Å²) in [5, 5.41) is 12.0. The van der Waals surface area contributed by atoms with E-state index >= 15 is 0 Å². The number of rotatable bonds is 3. The molecule has 1 aliphatic rings. The van der Waals surface area contributed by atoms with E-state index < -0.39 is 0 Å². The maximum absolute atomic E-state index is 9.04. The molecule has 2 aromatic heterocycles. The fourth-order valence-corrected chi connectivity index (χ4v) is 1.97. The lowest BCUT2D eigenvalue weighted by atomic mass is 10.4. The van der Waals surface area contributed by atoms with Crippen molar-refractivity contribution < 1.29 is 9.84 Å². The van der Waals surface area contributed by atoms with Crippen LogP contribution in [-0.2, 0) is 4.74 Å². The van der Waals surface area contributed by atoms with Gasteiger partial charge in [-0.1, -0.05) is 6.08 Å². The molecule has 2 aromatic rings. The van der Waals surface area contributed by atoms with Crippen molar-refractivity contribution in [2.75, 3.05) is 19.0 Å². The lowest BCUT2D eigenvalue weighted by Gasteiger charge is -2.13. The molecule has 3 rings (SSSR count). The van der Waals surface area contributed by atoms with E-state index in [0.717, 1.165) is 0 Å². The highest BCUT2D eigenvalue weighted by atomic mass is 16.5. The molecule has 0 amide bonds. The molecular weight excluding hydrogens is 234 g/mol. The molecule has 0 fully saturated rings. The van der Waals surface area contributed by atoms with Crippen LogP contribution in [0.2, 0.25) is 0 Å². The number of ether oxygens (including phenoxy) is 1. The maximum Gasteiger partial charge on any atom is 0.167 e. The quantitative estimate of drug-likeness (QED) is 0.759. The lowest BCUT2D eigenvalue weighted by molar-refractivity contribution is -0.00638. The first kappa shape index (κ1) is 11.1. The number of aliphatic hydroxyl groups is 1. The fraction of sp³-hybridized carbons (Fsp3) is 0.364. The average molecular weight is 247 g/mol. The first-order valence-corrected chi connectivity index (χ1v) is 5.63. The zero-order chi connectivity index (χ0) is 12.5. The van der Waals surface area contributed by atoms with Crippen molar-refractivity contribution >= 4 is 17.0 Å². The number of nitrogens with one attached hydrogen (secondary N) is 1. The molecule has 94 valence electrons. The molecule has 7 heteroatoms. The molecule has 2 N–H and O–H groups in total. The number of aromatic nitrogens is 4. The molecule has 0 aliphatic carbocycles. The summed E-state index contributed by atoms with van der Waals surface area (Å²) < 4.78 is 7.43. The molecule has 18 heavy (non-hydrogen) atoms. The molecule has 7 nitrogen and oxygen atoms in total. The van der Waals surface area contributed by atoms with Crippen molar-refractivity contribution in [3.05, 3.63) is 24.8 Å². The molecule has 0 radical (unpaired) electrons. The lowest BCUT2D eigenvalue weighted by Crippen LogP contribution is -2.15. The summed E-state index contributed by atoms with van der Waals surface area (Å²) >= 11 is 0. The van der Waals surface area contributed by atoms with Crippen molar-refractivity contribution in [3.8, 4) is 0 Å². The third-order valence-corrected chi connectivity index (χ3v) is 2.85. The van der Waals surface area contributed by atoms with Gasteiger partial charge in [0.1, 0.15) is 17.9 Å². The van der Waals surface area contributed by atoms with E-state index in [1.807, 2.05) is 16.7 Å². The summed E-state index contributed by atoms with van der Waals surface area (Å²) in [6.07, 6.45) is 6.30. The van der Waals surface area contributed by atoms with Crippen LogP contribution in [0.25, 0.3) is 11.2 Å². The van der Waals surface area contributed by atoms with Gasteiger partial charge < -0.3 is 15.2 Å². The van der Waals surface area contributed by atoms with Crippen LogP contribution in [0, 0.1) is 0 Å². The van der Waals surface area contributed by atoms with Crippen LogP contribution in [0.5, 0.6) is 0 Å². The zero-order valence-corrected chi connectivity index (χ0v) is 9.82. The van der Waals surface area contributed by atoms with Gasteiger partial charge in [0.25, 0.3) is 0 Å². The van der Waals surface area contributed by atoms with Gasteiger partial charge in [-0.15, -0.1) is 0 Å². The topological polar surface area (TPSA) is 85.1 Å². The minimum atomic E-state index is -0.285. The maximum atomic E-state index is 9.04. The average Bonchev–Trinajstić information content (AvgIpc) is 3.03. The third kappa shape index (κ3) is 1.64. The standard InChI is InChI=1S/C11H13N5O2/c1-12-10-9-11(14-5-13-10)16(6-15-9)8-3-2-7(4-17)18-8/h2-3,5-8,17H,4H2,1H3,(H,12,13,14). The Bertz CT molecular complexity index is 594. The third-order valence-electron chi connectivity index (χ3n) is 2.85. The Morgan fingerprint density at radius 3 is 3.00 bits per heavy atom. The summed E-state index contributed by atoms with van der Waals surface area (Å²) in [6.45, 7) is -0.0314. The van der Waals surface area contributed by atoms with Crippen LogP contribution in [-0.4, -0.2) is 44.4 Å². The molecular formula is C11H13N5O2. The van der Waals surface area contributed by atoms with Crippen LogP contribution in [0.4, 0.5) is 5.82 Å². The van der Waals surface area contributed by atoms with Crippen molar-refractivity contribution in [3.63, 3.8) is 0 Å². The van der Waals surface area contributed by atoms with Crippen LogP contribution in [0.1, 0.15) is 6.23 Å². The Kier molecular flexibility index (Phi) is 2.69. The minimum Gasteiger partial charge on any atom is -0.393 e. The molecule has 0 bridgehead atoms. The molecule has 1 aliphatic heterocycles. The monoisotopic (exact) mass is 247 g/mol. The first-order valence-electron chi connectivity index (χ1n) is 5.63. The van der Waals surface area contributed by atoms with E-state index in [9.17, 15) is 0 Å². The van der Waals surface area contributed by atoms with E-state index in [1.54, 1.807) is 13.4 Å². The van der Waals surface area contributed by atoms with Gasteiger partial charge in [0.15, 0.2) is 17.7 Å². The molecule has 0 saturated carbocycles. The molecule has 0 saturated heterocycles. The zero-order valence-electron chi connectivity index (χ0n) is 9.82. The largest absolute Gasteiger partial charge is 0.393 e. The van der Waals surface area contributed by atoms with Gasteiger partial charge in [0, 0.05) is 7.05 Å². The highest BCUT2D eigenvalue weighted by Gasteiger charge is 2.22. The highest BCUT2D eigenvalue weighted by Crippen LogP contribution is 2.26. The Labute approximate surface area is 103 Å². The fourth-order valence-electron chi connectivity index (χ4n) is 1.97. The predicted octanol–water partition coefficient (Wildman–Crippen LogP) is 0.314. The van der Waals surface area contributed by atoms with E-state index in [1.165, 1.54) is 6.33 Å². The van der Waals surface area contributed by atoms with Gasteiger partial charge in [-0.3, -0.25) is 4.57 Å². The van der Waals surface area contributed by atoms with E-state index in [0.29, 0.717) is 17.0 Å². The van der Waals surface area contributed by atoms with Crippen LogP contribution < -0.4 is 5.32 Å². The van der Waals surface area contributed by atoms with Gasteiger partial charge in [0.2, 0.25) is 0 Å². The second-order valence-corrected chi connectivity index (χ2v) is 3.93. The van der Waals surface area contributed by atoms with Gasteiger partial charge in [-0.05, 0) is 6.08 Å².